The summed E-state index contributed by atoms with van der Waals surface area (Å²) in [4.78, 5) is 0. The Hall–Kier alpha value is -4.18. The molecule has 4 nitrogen and oxygen atoms in total. The van der Waals surface area contributed by atoms with Crippen molar-refractivity contribution >= 4 is 21.5 Å². The number of rotatable bonds is 6. The van der Waals surface area contributed by atoms with Gasteiger partial charge in [-0.1, -0.05) is 60.7 Å². The minimum Gasteiger partial charge on any atom is -0.493 e. The van der Waals surface area contributed by atoms with E-state index in [4.69, 9.17) is 18.9 Å². The van der Waals surface area contributed by atoms with Crippen molar-refractivity contribution in [2.75, 3.05) is 28.4 Å². The molecule has 4 heteroatoms. The Bertz CT molecular complexity index is 1290. The first-order chi connectivity index (χ1) is 16.7. The van der Waals surface area contributed by atoms with E-state index in [0.29, 0.717) is 23.0 Å². The van der Waals surface area contributed by atoms with Crippen molar-refractivity contribution in [1.29, 1.82) is 0 Å². The summed E-state index contributed by atoms with van der Waals surface area (Å²) >= 11 is 0. The molecule has 0 amide bonds. The SMILES string of the molecule is COc1cc2c(-c3ccccc3)c3cc(OC)c(OC)cc3c(-c3ccccc3)c2cc1OC. The summed E-state index contributed by atoms with van der Waals surface area (Å²) in [6, 6.07) is 29.1. The fourth-order valence-corrected chi connectivity index (χ4v) is 4.71. The number of hydrogen-bond donors (Lipinski definition) is 0. The van der Waals surface area contributed by atoms with E-state index < -0.39 is 0 Å². The van der Waals surface area contributed by atoms with Crippen LogP contribution < -0.4 is 18.9 Å². The van der Waals surface area contributed by atoms with Crippen LogP contribution in [0.2, 0.25) is 0 Å². The van der Waals surface area contributed by atoms with Crippen LogP contribution in [0.1, 0.15) is 0 Å². The number of benzene rings is 5. The van der Waals surface area contributed by atoms with E-state index in [1.807, 2.05) is 12.1 Å². The molecule has 5 rings (SSSR count). The van der Waals surface area contributed by atoms with E-state index >= 15 is 0 Å². The summed E-state index contributed by atoms with van der Waals surface area (Å²) in [5.41, 5.74) is 4.42. The van der Waals surface area contributed by atoms with Crippen molar-refractivity contribution in [1.82, 2.24) is 0 Å². The van der Waals surface area contributed by atoms with Gasteiger partial charge in [0.25, 0.3) is 0 Å². The molecular formula is C30H26O4. The number of methoxy groups -OCH3 is 4. The highest BCUT2D eigenvalue weighted by atomic mass is 16.5. The average molecular weight is 451 g/mol. The number of ether oxygens (including phenoxy) is 4. The fraction of sp³-hybridized carbons (Fsp3) is 0.133. The molecule has 0 atom stereocenters. The van der Waals surface area contributed by atoms with Gasteiger partial charge < -0.3 is 18.9 Å². The molecule has 34 heavy (non-hydrogen) atoms. The molecule has 0 saturated carbocycles. The Morgan fingerprint density at radius 3 is 0.882 bits per heavy atom. The Kier molecular flexibility index (Phi) is 5.72. The molecule has 0 unspecified atom stereocenters. The zero-order chi connectivity index (χ0) is 23.7. The highest BCUT2D eigenvalue weighted by Crippen LogP contribution is 2.49. The first-order valence-electron chi connectivity index (χ1n) is 11.1. The monoisotopic (exact) mass is 450 g/mol. The Balaban J connectivity index is 2.08. The first kappa shape index (κ1) is 21.7. The van der Waals surface area contributed by atoms with Crippen molar-refractivity contribution in [2.24, 2.45) is 0 Å². The van der Waals surface area contributed by atoms with Crippen molar-refractivity contribution in [3.8, 4) is 45.3 Å². The van der Waals surface area contributed by atoms with Crippen LogP contribution in [0.5, 0.6) is 23.0 Å². The van der Waals surface area contributed by atoms with Crippen LogP contribution in [0.3, 0.4) is 0 Å². The maximum atomic E-state index is 5.70. The normalized spacial score (nSPS) is 10.9. The second-order valence-corrected chi connectivity index (χ2v) is 7.99. The van der Waals surface area contributed by atoms with Crippen LogP contribution >= 0.6 is 0 Å². The molecule has 0 spiro atoms. The minimum absolute atomic E-state index is 0.686. The Labute approximate surface area is 199 Å². The van der Waals surface area contributed by atoms with Gasteiger partial charge in [-0.3, -0.25) is 0 Å². The first-order valence-corrected chi connectivity index (χ1v) is 11.1. The maximum absolute atomic E-state index is 5.70. The lowest BCUT2D eigenvalue weighted by atomic mass is 9.85. The molecule has 0 saturated heterocycles. The molecule has 0 fully saturated rings. The summed E-state index contributed by atoms with van der Waals surface area (Å²) in [5.74, 6) is 2.74. The van der Waals surface area contributed by atoms with Gasteiger partial charge in [-0.2, -0.15) is 0 Å². The van der Waals surface area contributed by atoms with Gasteiger partial charge in [-0.05, 0) is 68.1 Å². The van der Waals surface area contributed by atoms with E-state index in [1.54, 1.807) is 28.4 Å². The average Bonchev–Trinajstić information content (AvgIpc) is 2.90. The Morgan fingerprint density at radius 2 is 0.647 bits per heavy atom. The molecule has 0 bridgehead atoms. The molecule has 0 aromatic heterocycles. The summed E-state index contributed by atoms with van der Waals surface area (Å²) < 4.78 is 22.8. The largest absolute Gasteiger partial charge is 0.493 e. The van der Waals surface area contributed by atoms with Crippen LogP contribution in [0.15, 0.2) is 84.9 Å². The van der Waals surface area contributed by atoms with Gasteiger partial charge in [0.15, 0.2) is 23.0 Å². The summed E-state index contributed by atoms with van der Waals surface area (Å²) in [6.45, 7) is 0. The molecule has 0 aliphatic heterocycles. The van der Waals surface area contributed by atoms with E-state index in [2.05, 4.69) is 72.8 Å². The van der Waals surface area contributed by atoms with Gasteiger partial charge in [0.2, 0.25) is 0 Å². The second-order valence-electron chi connectivity index (χ2n) is 7.99. The number of hydrogen-bond acceptors (Lipinski definition) is 4. The smallest absolute Gasteiger partial charge is 0.161 e. The fourth-order valence-electron chi connectivity index (χ4n) is 4.71. The predicted octanol–water partition coefficient (Wildman–Crippen LogP) is 7.36. The maximum Gasteiger partial charge on any atom is 0.161 e. The lowest BCUT2D eigenvalue weighted by Crippen LogP contribution is -1.97. The van der Waals surface area contributed by atoms with Crippen molar-refractivity contribution < 1.29 is 18.9 Å². The summed E-state index contributed by atoms with van der Waals surface area (Å²) in [7, 11) is 6.66. The molecule has 0 heterocycles. The molecule has 5 aromatic rings. The lowest BCUT2D eigenvalue weighted by Gasteiger charge is -2.21. The van der Waals surface area contributed by atoms with Gasteiger partial charge in [0.05, 0.1) is 28.4 Å². The predicted molar refractivity (Wildman–Crippen MR) is 139 cm³/mol. The molecule has 0 N–H and O–H groups in total. The molecule has 0 aliphatic carbocycles. The summed E-state index contributed by atoms with van der Waals surface area (Å²) in [6.07, 6.45) is 0. The van der Waals surface area contributed by atoms with Gasteiger partial charge in [-0.25, -0.2) is 0 Å². The third-order valence-electron chi connectivity index (χ3n) is 6.25. The molecular weight excluding hydrogens is 424 g/mol. The summed E-state index contributed by atoms with van der Waals surface area (Å²) in [5, 5.41) is 4.29. The highest BCUT2D eigenvalue weighted by molar-refractivity contribution is 6.22. The zero-order valence-electron chi connectivity index (χ0n) is 19.7. The van der Waals surface area contributed by atoms with Crippen LogP contribution in [-0.2, 0) is 0 Å². The van der Waals surface area contributed by atoms with E-state index in [0.717, 1.165) is 43.8 Å². The van der Waals surface area contributed by atoms with Gasteiger partial charge >= 0.3 is 0 Å². The third kappa shape index (κ3) is 3.48. The third-order valence-corrected chi connectivity index (χ3v) is 6.25. The van der Waals surface area contributed by atoms with Crippen LogP contribution in [0.25, 0.3) is 43.8 Å². The van der Waals surface area contributed by atoms with Crippen LogP contribution in [0.4, 0.5) is 0 Å². The standard InChI is InChI=1S/C30H26O4/c1-31-25-15-21-22(16-26(25)32-2)30(20-13-9-6-10-14-20)24-18-28(34-4)27(33-3)17-23(24)29(21)19-11-7-5-8-12-19/h5-18H,1-4H3. The van der Waals surface area contributed by atoms with E-state index in [9.17, 15) is 0 Å². The highest BCUT2D eigenvalue weighted by Gasteiger charge is 2.21. The van der Waals surface area contributed by atoms with Gasteiger partial charge in [-0.15, -0.1) is 0 Å². The van der Waals surface area contributed by atoms with E-state index in [1.165, 1.54) is 0 Å². The van der Waals surface area contributed by atoms with Gasteiger partial charge in [0.1, 0.15) is 0 Å². The van der Waals surface area contributed by atoms with Gasteiger partial charge in [0, 0.05) is 0 Å². The molecule has 0 radical (unpaired) electrons. The van der Waals surface area contributed by atoms with Crippen molar-refractivity contribution in [3.63, 3.8) is 0 Å². The van der Waals surface area contributed by atoms with Crippen molar-refractivity contribution in [2.45, 2.75) is 0 Å². The topological polar surface area (TPSA) is 36.9 Å². The molecule has 170 valence electrons. The molecule has 0 aliphatic rings. The Morgan fingerprint density at radius 1 is 0.382 bits per heavy atom. The quantitative estimate of drug-likeness (QED) is 0.253. The van der Waals surface area contributed by atoms with E-state index in [-0.39, 0.29) is 0 Å². The van der Waals surface area contributed by atoms with Crippen molar-refractivity contribution in [3.05, 3.63) is 84.9 Å². The zero-order valence-corrected chi connectivity index (χ0v) is 19.7. The molecule has 5 aromatic carbocycles. The lowest BCUT2D eigenvalue weighted by molar-refractivity contribution is 0.355. The van der Waals surface area contributed by atoms with Crippen LogP contribution in [-0.4, -0.2) is 28.4 Å². The van der Waals surface area contributed by atoms with Crippen LogP contribution in [0, 0.1) is 0 Å². The second kappa shape index (κ2) is 8.99. The number of fused-ring (bicyclic) bond motifs is 2. The minimum atomic E-state index is 0.686.